The highest BCUT2D eigenvalue weighted by Gasteiger charge is 2.14. The van der Waals surface area contributed by atoms with Crippen LogP contribution in [0.25, 0.3) is 0 Å². The van der Waals surface area contributed by atoms with Crippen LogP contribution >= 0.6 is 11.3 Å². The SMILES string of the molecule is Cc1cc(C(=O)c2ccc(N)c(F)c2)sc1C. The number of thiophene rings is 1. The van der Waals surface area contributed by atoms with Crippen LogP contribution in [-0.2, 0) is 0 Å². The fraction of sp³-hybridized carbons (Fsp3) is 0.154. The summed E-state index contributed by atoms with van der Waals surface area (Å²) in [6.45, 7) is 3.91. The lowest BCUT2D eigenvalue weighted by molar-refractivity contribution is 0.104. The lowest BCUT2D eigenvalue weighted by Gasteiger charge is -2.00. The second-order valence-electron chi connectivity index (χ2n) is 3.92. The molecule has 1 heterocycles. The molecule has 17 heavy (non-hydrogen) atoms. The fourth-order valence-electron chi connectivity index (χ4n) is 1.50. The van der Waals surface area contributed by atoms with E-state index in [4.69, 9.17) is 5.73 Å². The van der Waals surface area contributed by atoms with Gasteiger partial charge in [0.2, 0.25) is 5.78 Å². The summed E-state index contributed by atoms with van der Waals surface area (Å²) in [6, 6.07) is 5.97. The summed E-state index contributed by atoms with van der Waals surface area (Å²) in [5, 5.41) is 0. The molecule has 0 saturated carbocycles. The zero-order valence-corrected chi connectivity index (χ0v) is 10.4. The first-order chi connectivity index (χ1) is 7.99. The number of nitrogens with two attached hydrogens (primary N) is 1. The van der Waals surface area contributed by atoms with E-state index < -0.39 is 5.82 Å². The van der Waals surface area contributed by atoms with Crippen molar-refractivity contribution in [3.05, 3.63) is 51.0 Å². The second-order valence-corrected chi connectivity index (χ2v) is 5.17. The molecule has 2 aromatic rings. The molecule has 0 aliphatic rings. The van der Waals surface area contributed by atoms with Gasteiger partial charge >= 0.3 is 0 Å². The molecule has 0 aliphatic carbocycles. The molecule has 0 unspecified atom stereocenters. The molecular weight excluding hydrogens is 237 g/mol. The number of rotatable bonds is 2. The number of nitrogen functional groups attached to an aromatic ring is 1. The third-order valence-electron chi connectivity index (χ3n) is 2.65. The van der Waals surface area contributed by atoms with Crippen LogP contribution in [0.15, 0.2) is 24.3 Å². The molecule has 88 valence electrons. The molecule has 2 nitrogen and oxygen atoms in total. The second kappa shape index (κ2) is 4.30. The third kappa shape index (κ3) is 2.22. The van der Waals surface area contributed by atoms with Gasteiger partial charge in [0.15, 0.2) is 0 Å². The maximum Gasteiger partial charge on any atom is 0.203 e. The van der Waals surface area contributed by atoms with Gasteiger partial charge in [0.25, 0.3) is 0 Å². The van der Waals surface area contributed by atoms with Gasteiger partial charge in [-0.2, -0.15) is 0 Å². The van der Waals surface area contributed by atoms with Crippen molar-refractivity contribution >= 4 is 22.8 Å². The van der Waals surface area contributed by atoms with E-state index in [1.165, 1.54) is 23.5 Å². The molecule has 0 saturated heterocycles. The van der Waals surface area contributed by atoms with Crippen LogP contribution in [0.4, 0.5) is 10.1 Å². The van der Waals surface area contributed by atoms with Crippen molar-refractivity contribution in [2.45, 2.75) is 13.8 Å². The molecular formula is C13H12FNOS. The summed E-state index contributed by atoms with van der Waals surface area (Å²) in [5.74, 6) is -0.717. The van der Waals surface area contributed by atoms with Crippen molar-refractivity contribution in [1.29, 1.82) is 0 Å². The maximum atomic E-state index is 13.3. The standard InChI is InChI=1S/C13H12FNOS/c1-7-5-12(17-8(7)2)13(16)9-3-4-11(15)10(14)6-9/h3-6H,15H2,1-2H3. The van der Waals surface area contributed by atoms with Crippen LogP contribution in [0, 0.1) is 19.7 Å². The Balaban J connectivity index is 2.40. The normalized spacial score (nSPS) is 10.5. The number of carbonyl (C=O) groups excluding carboxylic acids is 1. The Labute approximate surface area is 103 Å². The Hall–Kier alpha value is -1.68. The average molecular weight is 249 g/mol. The number of hydrogen-bond donors (Lipinski definition) is 1. The highest BCUT2D eigenvalue weighted by atomic mass is 32.1. The number of aryl methyl sites for hydroxylation is 2. The predicted molar refractivity (Wildman–Crippen MR) is 68.0 cm³/mol. The minimum Gasteiger partial charge on any atom is -0.396 e. The van der Waals surface area contributed by atoms with Crippen LogP contribution in [0.3, 0.4) is 0 Å². The highest BCUT2D eigenvalue weighted by Crippen LogP contribution is 2.24. The summed E-state index contributed by atoms with van der Waals surface area (Å²) >= 11 is 1.42. The molecule has 2 N–H and O–H groups in total. The average Bonchev–Trinajstić information content (AvgIpc) is 2.62. The van der Waals surface area contributed by atoms with Gasteiger partial charge in [-0.3, -0.25) is 4.79 Å². The van der Waals surface area contributed by atoms with Crippen LogP contribution in [0.1, 0.15) is 25.7 Å². The minimum atomic E-state index is -0.555. The van der Waals surface area contributed by atoms with E-state index in [0.29, 0.717) is 10.4 Å². The van der Waals surface area contributed by atoms with Gasteiger partial charge in [-0.15, -0.1) is 11.3 Å². The molecule has 0 atom stereocenters. The molecule has 0 fully saturated rings. The monoisotopic (exact) mass is 249 g/mol. The summed E-state index contributed by atoms with van der Waals surface area (Å²) in [5.41, 5.74) is 6.84. The number of benzene rings is 1. The van der Waals surface area contributed by atoms with E-state index in [0.717, 1.165) is 10.4 Å². The van der Waals surface area contributed by atoms with Gasteiger partial charge < -0.3 is 5.73 Å². The molecule has 4 heteroatoms. The van der Waals surface area contributed by atoms with E-state index >= 15 is 0 Å². The van der Waals surface area contributed by atoms with Crippen LogP contribution in [0.5, 0.6) is 0 Å². The number of ketones is 1. The van der Waals surface area contributed by atoms with Crippen LogP contribution in [-0.4, -0.2) is 5.78 Å². The molecule has 1 aromatic heterocycles. The van der Waals surface area contributed by atoms with E-state index in [1.54, 1.807) is 6.07 Å². The van der Waals surface area contributed by atoms with Gasteiger partial charge in [0.05, 0.1) is 10.6 Å². The summed E-state index contributed by atoms with van der Waals surface area (Å²) < 4.78 is 13.3. The molecule has 0 spiro atoms. The fourth-order valence-corrected chi connectivity index (χ4v) is 2.49. The van der Waals surface area contributed by atoms with Crippen LogP contribution < -0.4 is 5.73 Å². The summed E-state index contributed by atoms with van der Waals surface area (Å²) in [4.78, 5) is 13.8. The number of carbonyl (C=O) groups is 1. The summed E-state index contributed by atoms with van der Waals surface area (Å²) in [7, 11) is 0. The van der Waals surface area contributed by atoms with Gasteiger partial charge in [-0.25, -0.2) is 4.39 Å². The van der Waals surface area contributed by atoms with Crippen LogP contribution in [0.2, 0.25) is 0 Å². The summed E-state index contributed by atoms with van der Waals surface area (Å²) in [6.07, 6.45) is 0. The Morgan fingerprint density at radius 1 is 1.29 bits per heavy atom. The molecule has 0 radical (unpaired) electrons. The third-order valence-corrected chi connectivity index (χ3v) is 3.80. The van der Waals surface area contributed by atoms with Crippen molar-refractivity contribution in [2.24, 2.45) is 0 Å². The Morgan fingerprint density at radius 3 is 2.53 bits per heavy atom. The van der Waals surface area contributed by atoms with Crippen molar-refractivity contribution in [1.82, 2.24) is 0 Å². The van der Waals surface area contributed by atoms with Gasteiger partial charge in [-0.05, 0) is 43.7 Å². The van der Waals surface area contributed by atoms with Crippen molar-refractivity contribution < 1.29 is 9.18 Å². The largest absolute Gasteiger partial charge is 0.396 e. The first-order valence-corrected chi connectivity index (χ1v) is 5.97. The topological polar surface area (TPSA) is 43.1 Å². The Kier molecular flexibility index (Phi) is 2.98. The molecule has 2 rings (SSSR count). The van der Waals surface area contributed by atoms with Crippen molar-refractivity contribution in [3.63, 3.8) is 0 Å². The molecule has 1 aromatic carbocycles. The van der Waals surface area contributed by atoms with Crippen molar-refractivity contribution in [2.75, 3.05) is 5.73 Å². The van der Waals surface area contributed by atoms with Gasteiger partial charge in [0, 0.05) is 10.4 Å². The van der Waals surface area contributed by atoms with E-state index in [-0.39, 0.29) is 11.5 Å². The first kappa shape index (κ1) is 11.8. The number of halogens is 1. The van der Waals surface area contributed by atoms with E-state index in [1.807, 2.05) is 19.9 Å². The van der Waals surface area contributed by atoms with E-state index in [2.05, 4.69) is 0 Å². The predicted octanol–water partition coefficient (Wildman–Crippen LogP) is 3.32. The quantitative estimate of drug-likeness (QED) is 0.655. The lowest BCUT2D eigenvalue weighted by atomic mass is 10.1. The van der Waals surface area contributed by atoms with Gasteiger partial charge in [0.1, 0.15) is 5.82 Å². The van der Waals surface area contributed by atoms with E-state index in [9.17, 15) is 9.18 Å². The Morgan fingerprint density at radius 2 is 2.00 bits per heavy atom. The smallest absolute Gasteiger partial charge is 0.203 e. The maximum absolute atomic E-state index is 13.3. The Bertz CT molecular complexity index is 570. The first-order valence-electron chi connectivity index (χ1n) is 5.16. The zero-order chi connectivity index (χ0) is 12.6. The highest BCUT2D eigenvalue weighted by molar-refractivity contribution is 7.14. The van der Waals surface area contributed by atoms with Crippen molar-refractivity contribution in [3.8, 4) is 0 Å². The van der Waals surface area contributed by atoms with Gasteiger partial charge in [-0.1, -0.05) is 0 Å². The number of hydrogen-bond acceptors (Lipinski definition) is 3. The zero-order valence-electron chi connectivity index (χ0n) is 9.58. The lowest BCUT2D eigenvalue weighted by Crippen LogP contribution is -2.00. The minimum absolute atomic E-state index is 0.0556. The molecule has 0 bridgehead atoms. The molecule has 0 amide bonds. The molecule has 0 aliphatic heterocycles. The number of anilines is 1.